The number of nitrogens with zero attached hydrogens (tertiary/aromatic N) is 6. The van der Waals surface area contributed by atoms with E-state index >= 15 is 0 Å². The van der Waals surface area contributed by atoms with Gasteiger partial charge in [0.1, 0.15) is 0 Å². The number of hydrogen-bond donors (Lipinski definition) is 0. The van der Waals surface area contributed by atoms with E-state index in [-0.39, 0.29) is 5.41 Å². The van der Waals surface area contributed by atoms with Crippen molar-refractivity contribution in [3.05, 3.63) is 472 Å². The van der Waals surface area contributed by atoms with Gasteiger partial charge in [0.15, 0.2) is 0 Å². The summed E-state index contributed by atoms with van der Waals surface area (Å²) < 4.78 is 9.88. The number of anilines is 6. The highest BCUT2D eigenvalue weighted by atomic mass is 15.1. The van der Waals surface area contributed by atoms with Gasteiger partial charge < -0.3 is 28.1 Å². The molecule has 0 radical (unpaired) electrons. The Hall–Kier alpha value is -16.0. The zero-order valence-corrected chi connectivity index (χ0v) is 68.1. The van der Waals surface area contributed by atoms with Gasteiger partial charge in [-0.1, -0.05) is 317 Å². The number of rotatable bonds is 14. The Morgan fingerprint density at radius 2 is 0.447 bits per heavy atom. The molecule has 580 valence electrons. The molecule has 0 bridgehead atoms. The lowest BCUT2D eigenvalue weighted by atomic mass is 9.82. The lowest BCUT2D eigenvalue weighted by Crippen LogP contribution is -2.16. The van der Waals surface area contributed by atoms with Crippen LogP contribution >= 0.6 is 0 Å². The summed E-state index contributed by atoms with van der Waals surface area (Å²) in [5.74, 6) is 0. The average molecular weight is 1570 g/mol. The molecule has 4 heterocycles. The number of benzene rings is 19. The van der Waals surface area contributed by atoms with E-state index in [1.165, 1.54) is 154 Å². The van der Waals surface area contributed by atoms with E-state index in [9.17, 15) is 0 Å². The van der Waals surface area contributed by atoms with Crippen LogP contribution in [-0.4, -0.2) is 18.3 Å². The van der Waals surface area contributed by atoms with Crippen LogP contribution in [0.2, 0.25) is 0 Å². The van der Waals surface area contributed by atoms with E-state index in [1.54, 1.807) is 0 Å². The minimum absolute atomic E-state index is 0.0965. The number of para-hydroxylation sites is 10. The van der Waals surface area contributed by atoms with Crippen LogP contribution in [0.5, 0.6) is 0 Å². The molecule has 19 aromatic carbocycles. The lowest BCUT2D eigenvalue weighted by molar-refractivity contribution is 0.660. The van der Waals surface area contributed by atoms with Crippen LogP contribution in [0.3, 0.4) is 0 Å². The van der Waals surface area contributed by atoms with Gasteiger partial charge in [0.25, 0.3) is 0 Å². The van der Waals surface area contributed by atoms with Crippen LogP contribution in [-0.2, 0) is 5.41 Å². The summed E-state index contributed by atoms with van der Waals surface area (Å²) in [5.41, 5.74) is 35.7. The molecular weight excluding hydrogens is 1490 g/mol. The molecule has 1 aliphatic carbocycles. The van der Waals surface area contributed by atoms with Gasteiger partial charge in [0.05, 0.1) is 44.1 Å². The Kier molecular flexibility index (Phi) is 17.5. The van der Waals surface area contributed by atoms with Crippen molar-refractivity contribution < 1.29 is 0 Å². The number of hydrogen-bond acceptors (Lipinski definition) is 2. The molecule has 6 nitrogen and oxygen atoms in total. The Morgan fingerprint density at radius 1 is 0.179 bits per heavy atom. The summed E-state index contributed by atoms with van der Waals surface area (Å²) in [6, 6.07) is 168. The zero-order valence-electron chi connectivity index (χ0n) is 68.1. The molecule has 0 saturated carbocycles. The van der Waals surface area contributed by atoms with Gasteiger partial charge in [-0.05, 0) is 224 Å². The van der Waals surface area contributed by atoms with Crippen molar-refractivity contribution in [1.29, 1.82) is 0 Å². The van der Waals surface area contributed by atoms with Gasteiger partial charge >= 0.3 is 0 Å². The van der Waals surface area contributed by atoms with Crippen LogP contribution in [0.4, 0.5) is 34.1 Å². The molecule has 0 fully saturated rings. The van der Waals surface area contributed by atoms with Crippen LogP contribution in [0, 0.1) is 0 Å². The van der Waals surface area contributed by atoms with Gasteiger partial charge in [-0.2, -0.15) is 0 Å². The molecule has 0 N–H and O–H groups in total. The monoisotopic (exact) mass is 1570 g/mol. The van der Waals surface area contributed by atoms with Crippen LogP contribution in [0.1, 0.15) is 25.0 Å². The second-order valence-corrected chi connectivity index (χ2v) is 32.7. The summed E-state index contributed by atoms with van der Waals surface area (Å²) in [5, 5.41) is 9.86. The second-order valence-electron chi connectivity index (χ2n) is 32.7. The fourth-order valence-electron chi connectivity index (χ4n) is 19.8. The van der Waals surface area contributed by atoms with E-state index < -0.39 is 0 Å². The first-order valence-corrected chi connectivity index (χ1v) is 42.5. The largest absolute Gasteiger partial charge is 0.311 e. The topological polar surface area (TPSA) is 26.2 Å². The molecule has 0 unspecified atom stereocenters. The van der Waals surface area contributed by atoms with Gasteiger partial charge in [0, 0.05) is 105 Å². The summed E-state index contributed by atoms with van der Waals surface area (Å²) in [7, 11) is 0. The Bertz CT molecular complexity index is 7930. The molecule has 0 saturated heterocycles. The molecule has 123 heavy (non-hydrogen) atoms. The van der Waals surface area contributed by atoms with Crippen molar-refractivity contribution >= 4 is 121 Å². The number of fused-ring (bicyclic) bond motifs is 17. The summed E-state index contributed by atoms with van der Waals surface area (Å²) >= 11 is 0. The van der Waals surface area contributed by atoms with E-state index in [2.05, 4.69) is 503 Å². The van der Waals surface area contributed by atoms with Crippen molar-refractivity contribution in [1.82, 2.24) is 18.3 Å². The highest BCUT2D eigenvalue weighted by Gasteiger charge is 2.36. The van der Waals surface area contributed by atoms with E-state index in [1.807, 2.05) is 0 Å². The summed E-state index contributed by atoms with van der Waals surface area (Å²) in [4.78, 5) is 4.75. The maximum Gasteiger partial charge on any atom is 0.0795 e. The molecule has 24 rings (SSSR count). The van der Waals surface area contributed by atoms with Crippen molar-refractivity contribution in [3.63, 3.8) is 0 Å². The molecule has 0 atom stereocenters. The lowest BCUT2D eigenvalue weighted by Gasteiger charge is -2.28. The van der Waals surface area contributed by atoms with E-state index in [0.717, 1.165) is 56.9 Å². The standard InChI is InChI=1S/C60H41N3.C57H41N3/c1-5-17-42(18-6-1)43-29-31-44(32-30-43)45-33-37-50(38-34-45)61(47-19-7-2-8-20-47)51-39-35-46(36-40-51)54-41-55-52-25-13-15-27-56(52)62(48-21-9-3-10-22-48)59(55)60-58(54)53-26-14-16-28-57(53)63(60)49-23-11-4-12-24-49;1-57(2)50-27-15-12-24-44(50)45-35-34-43(36-51(45)57)58(39-18-6-3-7-19-39)42-32-30-38(31-33-42)48-37-49-46-25-13-16-28-52(46)59(40-20-8-4-9-21-40)55(49)56-54(48)47-26-14-17-29-53(47)60(56)41-22-10-5-11-23-41/h1-41H;3-37H,1-2H3. The maximum atomic E-state index is 2.48. The first kappa shape index (κ1) is 72.2. The first-order valence-electron chi connectivity index (χ1n) is 42.5. The third-order valence-corrected chi connectivity index (χ3v) is 25.4. The summed E-state index contributed by atoms with van der Waals surface area (Å²) in [6.45, 7) is 4.71. The normalized spacial score (nSPS) is 12.2. The molecule has 0 aliphatic heterocycles. The van der Waals surface area contributed by atoms with Gasteiger partial charge in [-0.15, -0.1) is 0 Å². The first-order chi connectivity index (χ1) is 60.8. The van der Waals surface area contributed by atoms with Crippen LogP contribution < -0.4 is 9.80 Å². The molecular formula is C117H82N6. The highest BCUT2D eigenvalue weighted by Crippen LogP contribution is 2.53. The molecule has 0 spiro atoms. The second kappa shape index (κ2) is 29.8. The maximum absolute atomic E-state index is 2.48. The molecule has 1 aliphatic rings. The molecule has 6 heteroatoms. The van der Waals surface area contributed by atoms with Gasteiger partial charge in [0.2, 0.25) is 0 Å². The van der Waals surface area contributed by atoms with Crippen molar-refractivity contribution in [2.45, 2.75) is 19.3 Å². The van der Waals surface area contributed by atoms with Gasteiger partial charge in [-0.3, -0.25) is 0 Å². The third-order valence-electron chi connectivity index (χ3n) is 25.4. The Labute approximate surface area is 714 Å². The Balaban J connectivity index is 0.000000143. The minimum Gasteiger partial charge on any atom is -0.311 e. The van der Waals surface area contributed by atoms with E-state index in [4.69, 9.17) is 0 Å². The summed E-state index contributed by atoms with van der Waals surface area (Å²) in [6.07, 6.45) is 0. The Morgan fingerprint density at radius 3 is 0.846 bits per heavy atom. The molecule has 0 amide bonds. The fraction of sp³-hybridized carbons (Fsp3) is 0.0256. The minimum atomic E-state index is -0.0965. The van der Waals surface area contributed by atoms with Crippen LogP contribution in [0.25, 0.3) is 166 Å². The van der Waals surface area contributed by atoms with Crippen molar-refractivity contribution in [2.75, 3.05) is 9.80 Å². The molecule has 4 aromatic heterocycles. The molecule has 23 aromatic rings. The van der Waals surface area contributed by atoms with Crippen molar-refractivity contribution in [3.8, 4) is 78.4 Å². The van der Waals surface area contributed by atoms with Crippen molar-refractivity contribution in [2.24, 2.45) is 0 Å². The predicted octanol–water partition coefficient (Wildman–Crippen LogP) is 31.7. The van der Waals surface area contributed by atoms with Crippen LogP contribution in [0.15, 0.2) is 461 Å². The highest BCUT2D eigenvalue weighted by molar-refractivity contribution is 6.30. The average Bonchev–Trinajstić information content (AvgIpc) is 1.54. The zero-order chi connectivity index (χ0) is 81.6. The SMILES string of the molecule is CC1(C)c2ccccc2-c2ccc(N(c3ccccc3)c3ccc(-c4cc5c6ccccc6n(-c6ccccc6)c5c5c4c4ccccc4n5-c4ccccc4)cc3)cc21.c1ccc(-c2ccc(-c3ccc(N(c4ccccc4)c4ccc(-c5cc6c7ccccc7n(-c7ccccc7)c6c6c5c5ccccc5n6-c5ccccc5)cc4)cc3)cc2)cc1. The third kappa shape index (κ3) is 12.1. The number of aromatic nitrogens is 4. The van der Waals surface area contributed by atoms with E-state index in [0.29, 0.717) is 0 Å². The fourth-order valence-corrected chi connectivity index (χ4v) is 19.8. The predicted molar refractivity (Wildman–Crippen MR) is 519 cm³/mol. The quantitative estimate of drug-likeness (QED) is 0.108. The van der Waals surface area contributed by atoms with Gasteiger partial charge in [-0.25, -0.2) is 0 Å². The smallest absolute Gasteiger partial charge is 0.0795 e.